The number of guanidine groups is 1. The Bertz CT molecular complexity index is 641. The number of nitrogens with zero attached hydrogens (tertiary/aromatic N) is 1. The number of benzene rings is 1. The fraction of sp³-hybridized carbons (Fsp3) is 0.421. The van der Waals surface area contributed by atoms with Crippen LogP contribution in [0, 0.1) is 6.92 Å². The average Bonchev–Trinajstić information content (AvgIpc) is 3.12. The molecule has 0 saturated heterocycles. The normalized spacial score (nSPS) is 12.8. The Morgan fingerprint density at radius 1 is 1.24 bits per heavy atom. The maximum Gasteiger partial charge on any atom is 0.191 e. The minimum absolute atomic E-state index is 0.284. The summed E-state index contributed by atoms with van der Waals surface area (Å²) in [5, 5.41) is 16.8. The molecule has 6 heteroatoms. The number of hydrogen-bond acceptors (Lipinski definition) is 4. The topological polar surface area (TPSA) is 79.0 Å². The SMILES string of the molecule is COCCNC(=NCC(O)c1cccc(C)c1)NCCc1ccco1. The van der Waals surface area contributed by atoms with Gasteiger partial charge in [0.15, 0.2) is 5.96 Å². The molecule has 136 valence electrons. The number of aliphatic imine (C=N–C) groups is 1. The van der Waals surface area contributed by atoms with Gasteiger partial charge in [-0.3, -0.25) is 4.99 Å². The van der Waals surface area contributed by atoms with Gasteiger partial charge < -0.3 is 24.9 Å². The van der Waals surface area contributed by atoms with Gasteiger partial charge in [-0.2, -0.15) is 0 Å². The van der Waals surface area contributed by atoms with Gasteiger partial charge in [-0.05, 0) is 24.6 Å². The number of furan rings is 1. The molecular formula is C19H27N3O3. The molecule has 0 radical (unpaired) electrons. The van der Waals surface area contributed by atoms with E-state index >= 15 is 0 Å². The van der Waals surface area contributed by atoms with Crippen LogP contribution in [-0.2, 0) is 11.2 Å². The lowest BCUT2D eigenvalue weighted by Crippen LogP contribution is -2.40. The molecule has 0 spiro atoms. The number of aliphatic hydroxyl groups is 1. The molecule has 0 amide bonds. The average molecular weight is 345 g/mol. The Morgan fingerprint density at radius 3 is 2.80 bits per heavy atom. The second-order valence-corrected chi connectivity index (χ2v) is 5.79. The summed E-state index contributed by atoms with van der Waals surface area (Å²) in [4.78, 5) is 4.48. The van der Waals surface area contributed by atoms with E-state index in [0.29, 0.717) is 25.7 Å². The number of rotatable bonds is 9. The van der Waals surface area contributed by atoms with Crippen molar-refractivity contribution in [3.63, 3.8) is 0 Å². The third kappa shape index (κ3) is 6.99. The number of hydrogen-bond donors (Lipinski definition) is 3. The molecule has 2 rings (SSSR count). The van der Waals surface area contributed by atoms with Crippen LogP contribution in [0.1, 0.15) is 23.0 Å². The van der Waals surface area contributed by atoms with E-state index < -0.39 is 6.10 Å². The van der Waals surface area contributed by atoms with Gasteiger partial charge in [0.05, 0.1) is 25.5 Å². The van der Waals surface area contributed by atoms with Crippen molar-refractivity contribution in [2.24, 2.45) is 4.99 Å². The fourth-order valence-electron chi connectivity index (χ4n) is 2.37. The first-order valence-corrected chi connectivity index (χ1v) is 8.47. The van der Waals surface area contributed by atoms with Crippen molar-refractivity contribution in [1.29, 1.82) is 0 Å². The Balaban J connectivity index is 1.89. The number of aliphatic hydroxyl groups excluding tert-OH is 1. The predicted molar refractivity (Wildman–Crippen MR) is 98.7 cm³/mol. The summed E-state index contributed by atoms with van der Waals surface area (Å²) in [6.07, 6.45) is 1.80. The Morgan fingerprint density at radius 2 is 2.08 bits per heavy atom. The van der Waals surface area contributed by atoms with E-state index in [1.165, 1.54) is 0 Å². The van der Waals surface area contributed by atoms with E-state index in [-0.39, 0.29) is 6.54 Å². The highest BCUT2D eigenvalue weighted by Gasteiger charge is 2.08. The van der Waals surface area contributed by atoms with E-state index in [2.05, 4.69) is 15.6 Å². The van der Waals surface area contributed by atoms with Crippen LogP contribution in [0.2, 0.25) is 0 Å². The van der Waals surface area contributed by atoms with Gasteiger partial charge in [-0.1, -0.05) is 29.8 Å². The lowest BCUT2D eigenvalue weighted by molar-refractivity contribution is 0.186. The van der Waals surface area contributed by atoms with Gasteiger partial charge in [0.1, 0.15) is 5.76 Å². The largest absolute Gasteiger partial charge is 0.469 e. The maximum absolute atomic E-state index is 10.3. The van der Waals surface area contributed by atoms with E-state index in [1.807, 2.05) is 43.3 Å². The van der Waals surface area contributed by atoms with E-state index in [1.54, 1.807) is 13.4 Å². The molecular weight excluding hydrogens is 318 g/mol. The second-order valence-electron chi connectivity index (χ2n) is 5.79. The molecule has 25 heavy (non-hydrogen) atoms. The summed E-state index contributed by atoms with van der Waals surface area (Å²) in [6, 6.07) is 11.7. The molecule has 0 aliphatic carbocycles. The van der Waals surface area contributed by atoms with Crippen LogP contribution in [0.25, 0.3) is 0 Å². The van der Waals surface area contributed by atoms with Crippen LogP contribution in [0.3, 0.4) is 0 Å². The van der Waals surface area contributed by atoms with Crippen LogP contribution >= 0.6 is 0 Å². The van der Waals surface area contributed by atoms with Crippen LogP contribution < -0.4 is 10.6 Å². The van der Waals surface area contributed by atoms with E-state index in [9.17, 15) is 5.11 Å². The summed E-state index contributed by atoms with van der Waals surface area (Å²) < 4.78 is 10.4. The quantitative estimate of drug-likeness (QED) is 0.368. The van der Waals surface area contributed by atoms with Crippen molar-refractivity contribution in [3.8, 4) is 0 Å². The third-order valence-corrected chi connectivity index (χ3v) is 3.69. The summed E-state index contributed by atoms with van der Waals surface area (Å²) >= 11 is 0. The molecule has 0 bridgehead atoms. The van der Waals surface area contributed by atoms with Crippen LogP contribution in [0.4, 0.5) is 0 Å². The van der Waals surface area contributed by atoms with Crippen molar-refractivity contribution in [1.82, 2.24) is 10.6 Å². The summed E-state index contributed by atoms with van der Waals surface area (Å²) in [5.74, 6) is 1.57. The number of nitrogens with one attached hydrogen (secondary N) is 2. The highest BCUT2D eigenvalue weighted by Crippen LogP contribution is 2.14. The Labute approximate surface area is 148 Å². The molecule has 0 aliphatic rings. The third-order valence-electron chi connectivity index (χ3n) is 3.69. The van der Waals surface area contributed by atoms with Gasteiger partial charge in [0.25, 0.3) is 0 Å². The number of aryl methyl sites for hydroxylation is 1. The standard InChI is InChI=1S/C19H27N3O3/c1-15-5-3-6-16(13-15)18(23)14-22-19(21-10-12-24-2)20-9-8-17-7-4-11-25-17/h3-7,11,13,18,23H,8-10,12,14H2,1-2H3,(H2,20,21,22). The van der Waals surface area contributed by atoms with Gasteiger partial charge in [-0.15, -0.1) is 0 Å². The Hall–Kier alpha value is -2.31. The zero-order chi connectivity index (χ0) is 17.9. The summed E-state index contributed by atoms with van der Waals surface area (Å²) in [7, 11) is 1.66. The molecule has 6 nitrogen and oxygen atoms in total. The lowest BCUT2D eigenvalue weighted by atomic mass is 10.1. The summed E-state index contributed by atoms with van der Waals surface area (Å²) in [5.41, 5.74) is 1.99. The zero-order valence-corrected chi connectivity index (χ0v) is 14.9. The first-order chi connectivity index (χ1) is 12.2. The minimum atomic E-state index is -0.633. The van der Waals surface area contributed by atoms with E-state index in [4.69, 9.17) is 9.15 Å². The molecule has 2 aromatic rings. The molecule has 1 aromatic heterocycles. The maximum atomic E-state index is 10.3. The first-order valence-electron chi connectivity index (χ1n) is 8.47. The number of methoxy groups -OCH3 is 1. The monoisotopic (exact) mass is 345 g/mol. The van der Waals surface area contributed by atoms with Gasteiger partial charge >= 0.3 is 0 Å². The molecule has 1 atom stereocenters. The molecule has 1 unspecified atom stereocenters. The predicted octanol–water partition coefficient (Wildman–Crippen LogP) is 2.05. The number of ether oxygens (including phenoxy) is 1. The van der Waals surface area contributed by atoms with Crippen LogP contribution in [-0.4, -0.2) is 44.4 Å². The van der Waals surface area contributed by atoms with Gasteiger partial charge in [0.2, 0.25) is 0 Å². The van der Waals surface area contributed by atoms with Crippen LogP contribution in [0.15, 0.2) is 52.1 Å². The van der Waals surface area contributed by atoms with Gasteiger partial charge in [0, 0.05) is 26.6 Å². The molecule has 0 fully saturated rings. The van der Waals surface area contributed by atoms with Crippen molar-refractivity contribution >= 4 is 5.96 Å². The van der Waals surface area contributed by atoms with Crippen molar-refractivity contribution in [2.45, 2.75) is 19.4 Å². The van der Waals surface area contributed by atoms with E-state index in [0.717, 1.165) is 23.3 Å². The smallest absolute Gasteiger partial charge is 0.191 e. The second kappa shape index (κ2) is 10.5. The molecule has 1 aromatic carbocycles. The lowest BCUT2D eigenvalue weighted by Gasteiger charge is -2.14. The fourth-order valence-corrected chi connectivity index (χ4v) is 2.37. The van der Waals surface area contributed by atoms with Crippen molar-refractivity contribution in [2.75, 3.05) is 33.4 Å². The Kier molecular flexibility index (Phi) is 8.01. The molecule has 1 heterocycles. The van der Waals surface area contributed by atoms with Crippen molar-refractivity contribution in [3.05, 3.63) is 59.5 Å². The summed E-state index contributed by atoms with van der Waals surface area (Å²) in [6.45, 7) is 4.20. The highest BCUT2D eigenvalue weighted by molar-refractivity contribution is 5.79. The van der Waals surface area contributed by atoms with Gasteiger partial charge in [-0.25, -0.2) is 0 Å². The van der Waals surface area contributed by atoms with Crippen LogP contribution in [0.5, 0.6) is 0 Å². The molecule has 0 saturated carbocycles. The molecule has 0 aliphatic heterocycles. The first kappa shape index (κ1) is 19.0. The highest BCUT2D eigenvalue weighted by atomic mass is 16.5. The molecule has 3 N–H and O–H groups in total. The zero-order valence-electron chi connectivity index (χ0n) is 14.9. The van der Waals surface area contributed by atoms with Crippen molar-refractivity contribution < 1.29 is 14.3 Å². The minimum Gasteiger partial charge on any atom is -0.469 e.